The van der Waals surface area contributed by atoms with Crippen molar-refractivity contribution >= 4 is 5.82 Å². The molecule has 0 atom stereocenters. The Hall–Kier alpha value is -1.16. The molecular formula is C11H20N4. The van der Waals surface area contributed by atoms with Crippen molar-refractivity contribution in [1.82, 2.24) is 15.3 Å². The van der Waals surface area contributed by atoms with Gasteiger partial charge in [0.25, 0.3) is 0 Å². The van der Waals surface area contributed by atoms with Crippen molar-refractivity contribution in [1.29, 1.82) is 0 Å². The first-order chi connectivity index (χ1) is 7.24. The molecule has 0 aliphatic carbocycles. The zero-order chi connectivity index (χ0) is 11.1. The molecule has 4 nitrogen and oxygen atoms in total. The van der Waals surface area contributed by atoms with Gasteiger partial charge in [-0.1, -0.05) is 6.92 Å². The van der Waals surface area contributed by atoms with Gasteiger partial charge >= 0.3 is 0 Å². The lowest BCUT2D eigenvalue weighted by atomic mass is 10.4. The van der Waals surface area contributed by atoms with E-state index in [0.717, 1.165) is 36.8 Å². The Balaban J connectivity index is 2.33. The van der Waals surface area contributed by atoms with Gasteiger partial charge in [-0.05, 0) is 26.8 Å². The molecule has 0 saturated heterocycles. The summed E-state index contributed by atoms with van der Waals surface area (Å²) >= 11 is 0. The molecule has 0 spiro atoms. The summed E-state index contributed by atoms with van der Waals surface area (Å²) in [5.74, 6) is 0.897. The Kier molecular flexibility index (Phi) is 5.04. The number of rotatable bonds is 6. The highest BCUT2D eigenvalue weighted by Gasteiger charge is 1.99. The number of hydrogen-bond donors (Lipinski definition) is 2. The molecule has 15 heavy (non-hydrogen) atoms. The number of nitrogens with one attached hydrogen (secondary N) is 2. The van der Waals surface area contributed by atoms with E-state index in [9.17, 15) is 0 Å². The molecule has 0 aliphatic rings. The van der Waals surface area contributed by atoms with E-state index in [1.54, 1.807) is 6.20 Å². The fourth-order valence-corrected chi connectivity index (χ4v) is 1.28. The summed E-state index contributed by atoms with van der Waals surface area (Å²) in [6.45, 7) is 9.00. The van der Waals surface area contributed by atoms with E-state index in [2.05, 4.69) is 27.5 Å². The fraction of sp³-hybridized carbons (Fsp3) is 0.636. The van der Waals surface area contributed by atoms with Crippen LogP contribution in [0.15, 0.2) is 6.20 Å². The first-order valence-electron chi connectivity index (χ1n) is 5.49. The summed E-state index contributed by atoms with van der Waals surface area (Å²) < 4.78 is 0. The Morgan fingerprint density at radius 2 is 2.00 bits per heavy atom. The molecule has 0 saturated carbocycles. The van der Waals surface area contributed by atoms with Crippen LogP contribution in [-0.2, 0) is 0 Å². The first kappa shape index (κ1) is 11.9. The molecule has 1 aromatic heterocycles. The lowest BCUT2D eigenvalue weighted by Gasteiger charge is -2.08. The third kappa shape index (κ3) is 4.25. The van der Waals surface area contributed by atoms with Gasteiger partial charge in [-0.3, -0.25) is 4.98 Å². The van der Waals surface area contributed by atoms with Gasteiger partial charge in [-0.15, -0.1) is 0 Å². The van der Waals surface area contributed by atoms with Crippen molar-refractivity contribution in [3.8, 4) is 0 Å². The number of aryl methyl sites for hydroxylation is 2. The minimum Gasteiger partial charge on any atom is -0.367 e. The van der Waals surface area contributed by atoms with Crippen LogP contribution in [0.5, 0.6) is 0 Å². The number of nitrogens with zero attached hydrogens (tertiary/aromatic N) is 2. The molecule has 0 bridgehead atoms. The minimum atomic E-state index is 0.888. The maximum atomic E-state index is 4.39. The number of aromatic nitrogens is 2. The molecular weight excluding hydrogens is 188 g/mol. The van der Waals surface area contributed by atoms with Crippen LogP contribution in [0.4, 0.5) is 5.82 Å². The normalized spacial score (nSPS) is 10.3. The van der Waals surface area contributed by atoms with E-state index in [1.807, 2.05) is 13.8 Å². The van der Waals surface area contributed by atoms with E-state index >= 15 is 0 Å². The molecule has 4 heteroatoms. The Bertz CT molecular complexity index is 299. The SMILES string of the molecule is CCCNCCNc1nc(C)cnc1C. The zero-order valence-electron chi connectivity index (χ0n) is 9.80. The standard InChI is InChI=1S/C11H20N4/c1-4-5-12-6-7-13-11-10(3)14-8-9(2)15-11/h8,12H,4-7H2,1-3H3,(H,13,15). The quantitative estimate of drug-likeness (QED) is 0.696. The van der Waals surface area contributed by atoms with Gasteiger partial charge in [0, 0.05) is 19.3 Å². The molecule has 1 aromatic rings. The topological polar surface area (TPSA) is 49.8 Å². The summed E-state index contributed by atoms with van der Waals surface area (Å²) in [5.41, 5.74) is 1.90. The number of anilines is 1. The van der Waals surface area contributed by atoms with Gasteiger partial charge < -0.3 is 10.6 Å². The smallest absolute Gasteiger partial charge is 0.147 e. The van der Waals surface area contributed by atoms with Gasteiger partial charge in [-0.2, -0.15) is 0 Å². The van der Waals surface area contributed by atoms with E-state index in [0.29, 0.717) is 0 Å². The van der Waals surface area contributed by atoms with E-state index < -0.39 is 0 Å². The highest BCUT2D eigenvalue weighted by Crippen LogP contribution is 2.07. The van der Waals surface area contributed by atoms with Gasteiger partial charge in [0.1, 0.15) is 5.82 Å². The molecule has 0 amide bonds. The molecule has 0 fully saturated rings. The largest absolute Gasteiger partial charge is 0.367 e. The fourth-order valence-electron chi connectivity index (χ4n) is 1.28. The summed E-state index contributed by atoms with van der Waals surface area (Å²) in [6.07, 6.45) is 2.96. The minimum absolute atomic E-state index is 0.888. The van der Waals surface area contributed by atoms with Crippen molar-refractivity contribution < 1.29 is 0 Å². The van der Waals surface area contributed by atoms with Crippen LogP contribution in [0.3, 0.4) is 0 Å². The van der Waals surface area contributed by atoms with Crippen molar-refractivity contribution in [3.05, 3.63) is 17.6 Å². The molecule has 2 N–H and O–H groups in total. The highest BCUT2D eigenvalue weighted by molar-refractivity contribution is 5.39. The zero-order valence-corrected chi connectivity index (χ0v) is 9.80. The van der Waals surface area contributed by atoms with Crippen molar-refractivity contribution in [3.63, 3.8) is 0 Å². The lowest BCUT2D eigenvalue weighted by molar-refractivity contribution is 0.686. The van der Waals surface area contributed by atoms with Gasteiger partial charge in [-0.25, -0.2) is 4.98 Å². The van der Waals surface area contributed by atoms with Crippen LogP contribution < -0.4 is 10.6 Å². The second-order valence-corrected chi connectivity index (χ2v) is 3.62. The second kappa shape index (κ2) is 6.35. The first-order valence-corrected chi connectivity index (χ1v) is 5.49. The third-order valence-electron chi connectivity index (χ3n) is 2.10. The summed E-state index contributed by atoms with van der Waals surface area (Å²) in [4.78, 5) is 8.64. The Labute approximate surface area is 91.5 Å². The van der Waals surface area contributed by atoms with Crippen LogP contribution >= 0.6 is 0 Å². The highest BCUT2D eigenvalue weighted by atomic mass is 15.0. The molecule has 1 rings (SSSR count). The second-order valence-electron chi connectivity index (χ2n) is 3.62. The van der Waals surface area contributed by atoms with Crippen LogP contribution in [0.2, 0.25) is 0 Å². The van der Waals surface area contributed by atoms with Crippen molar-refractivity contribution in [2.24, 2.45) is 0 Å². The van der Waals surface area contributed by atoms with Gasteiger partial charge in [0.15, 0.2) is 0 Å². The number of hydrogen-bond acceptors (Lipinski definition) is 4. The molecule has 84 valence electrons. The third-order valence-corrected chi connectivity index (χ3v) is 2.10. The maximum absolute atomic E-state index is 4.39. The predicted octanol–water partition coefficient (Wildman–Crippen LogP) is 1.50. The van der Waals surface area contributed by atoms with Crippen LogP contribution in [0.1, 0.15) is 24.7 Å². The van der Waals surface area contributed by atoms with E-state index in [-0.39, 0.29) is 0 Å². The monoisotopic (exact) mass is 208 g/mol. The summed E-state index contributed by atoms with van der Waals surface area (Å²) in [6, 6.07) is 0. The molecule has 1 heterocycles. The van der Waals surface area contributed by atoms with Crippen molar-refractivity contribution in [2.75, 3.05) is 25.0 Å². The van der Waals surface area contributed by atoms with E-state index in [1.165, 1.54) is 6.42 Å². The molecule has 0 aromatic carbocycles. The van der Waals surface area contributed by atoms with Gasteiger partial charge in [0.2, 0.25) is 0 Å². The lowest BCUT2D eigenvalue weighted by Crippen LogP contribution is -2.23. The summed E-state index contributed by atoms with van der Waals surface area (Å²) in [7, 11) is 0. The average molecular weight is 208 g/mol. The van der Waals surface area contributed by atoms with Gasteiger partial charge in [0.05, 0.1) is 11.4 Å². The van der Waals surface area contributed by atoms with Crippen LogP contribution in [0.25, 0.3) is 0 Å². The Morgan fingerprint density at radius 3 is 2.73 bits per heavy atom. The predicted molar refractivity (Wildman–Crippen MR) is 63.2 cm³/mol. The molecule has 0 radical (unpaired) electrons. The Morgan fingerprint density at radius 1 is 1.20 bits per heavy atom. The van der Waals surface area contributed by atoms with Crippen LogP contribution in [-0.4, -0.2) is 29.6 Å². The maximum Gasteiger partial charge on any atom is 0.147 e. The average Bonchev–Trinajstić information content (AvgIpc) is 2.23. The molecule has 0 aliphatic heterocycles. The van der Waals surface area contributed by atoms with Crippen LogP contribution in [0, 0.1) is 13.8 Å². The molecule has 0 unspecified atom stereocenters. The van der Waals surface area contributed by atoms with Crippen molar-refractivity contribution in [2.45, 2.75) is 27.2 Å². The van der Waals surface area contributed by atoms with E-state index in [4.69, 9.17) is 0 Å². The summed E-state index contributed by atoms with van der Waals surface area (Å²) in [5, 5.41) is 6.61.